The highest BCUT2D eigenvalue weighted by molar-refractivity contribution is 7.86. The van der Waals surface area contributed by atoms with Gasteiger partial charge < -0.3 is 10.5 Å². The average Bonchev–Trinajstić information content (AvgIpc) is 2.84. The van der Waals surface area contributed by atoms with Crippen LogP contribution >= 0.6 is 0 Å². The monoisotopic (exact) mass is 527 g/mol. The minimum atomic E-state index is -4.42. The number of hydrogen-bond acceptors (Lipinski definition) is 8. The van der Waals surface area contributed by atoms with E-state index in [9.17, 15) is 21.4 Å². The Hall–Kier alpha value is -3.84. The molecule has 0 atom stereocenters. The van der Waals surface area contributed by atoms with Gasteiger partial charge in [0.15, 0.2) is 0 Å². The van der Waals surface area contributed by atoms with Gasteiger partial charge in [0, 0.05) is 5.39 Å². The number of hydrogen-bond donors (Lipinski definition) is 3. The highest BCUT2D eigenvalue weighted by Crippen LogP contribution is 2.40. The lowest BCUT2D eigenvalue weighted by Gasteiger charge is -2.15. The lowest BCUT2D eigenvalue weighted by atomic mass is 9.96. The van der Waals surface area contributed by atoms with Crippen molar-refractivity contribution in [1.29, 1.82) is 0 Å². The first kappa shape index (κ1) is 25.3. The van der Waals surface area contributed by atoms with Crippen LogP contribution in [-0.2, 0) is 20.2 Å². The first-order chi connectivity index (χ1) is 17.0. The lowest BCUT2D eigenvalue weighted by molar-refractivity contribution is 0.342. The standard InChI is InChI=1S/C24H21N3O7S2/c1-2-34-23-14-21(22-13-19(36(31,32)33)11-12-20(22)24(23)25)15-3-5-16(6-4-15)26-27-17-7-9-18(10-8-17)35(28,29)30/h3-14H,2,25H2,1H3,(H,28,29,30)(H,31,32,33)/b27-26+. The molecule has 0 amide bonds. The van der Waals surface area contributed by atoms with E-state index in [4.69, 9.17) is 15.0 Å². The number of nitrogens with zero attached hydrogens (tertiary/aromatic N) is 2. The molecule has 0 radical (unpaired) electrons. The number of fused-ring (bicyclic) bond motifs is 1. The van der Waals surface area contributed by atoms with Crippen LogP contribution in [0.3, 0.4) is 0 Å². The molecule has 4 aromatic rings. The summed E-state index contributed by atoms with van der Waals surface area (Å²) in [5.74, 6) is 0.441. The van der Waals surface area contributed by atoms with Crippen molar-refractivity contribution in [3.8, 4) is 16.9 Å². The van der Waals surface area contributed by atoms with Gasteiger partial charge in [-0.2, -0.15) is 27.1 Å². The van der Waals surface area contributed by atoms with Crippen molar-refractivity contribution in [2.75, 3.05) is 12.3 Å². The zero-order chi connectivity index (χ0) is 26.1. The van der Waals surface area contributed by atoms with Crippen molar-refractivity contribution in [3.63, 3.8) is 0 Å². The van der Waals surface area contributed by atoms with E-state index in [0.29, 0.717) is 51.3 Å². The number of nitrogen functional groups attached to an aromatic ring is 1. The van der Waals surface area contributed by atoms with Crippen LogP contribution in [0.25, 0.3) is 21.9 Å². The number of nitrogens with two attached hydrogens (primary N) is 1. The van der Waals surface area contributed by atoms with Crippen molar-refractivity contribution >= 4 is 48.1 Å². The van der Waals surface area contributed by atoms with Crippen LogP contribution in [0, 0.1) is 0 Å². The Balaban J connectivity index is 1.72. The molecular weight excluding hydrogens is 506 g/mol. The molecule has 0 spiro atoms. The maximum absolute atomic E-state index is 11.7. The molecule has 0 aliphatic rings. The summed E-state index contributed by atoms with van der Waals surface area (Å²) in [6, 6.07) is 18.0. The molecule has 0 aromatic heterocycles. The summed E-state index contributed by atoms with van der Waals surface area (Å²) in [5.41, 5.74) is 8.84. The summed E-state index contributed by atoms with van der Waals surface area (Å²) in [6.45, 7) is 2.20. The van der Waals surface area contributed by atoms with Gasteiger partial charge in [-0.25, -0.2) is 0 Å². The molecule has 0 bridgehead atoms. The molecule has 4 aromatic carbocycles. The number of anilines is 1. The van der Waals surface area contributed by atoms with Crippen molar-refractivity contribution in [3.05, 3.63) is 72.8 Å². The van der Waals surface area contributed by atoms with Gasteiger partial charge in [-0.15, -0.1) is 0 Å². The van der Waals surface area contributed by atoms with Crippen LogP contribution in [0.15, 0.2) is 92.8 Å². The molecule has 10 nitrogen and oxygen atoms in total. The third-order valence-corrected chi connectivity index (χ3v) is 7.02. The number of benzene rings is 4. The molecule has 0 fully saturated rings. The van der Waals surface area contributed by atoms with Crippen LogP contribution in [0.4, 0.5) is 17.1 Å². The zero-order valence-electron chi connectivity index (χ0n) is 18.9. The summed E-state index contributed by atoms with van der Waals surface area (Å²) in [6.07, 6.45) is 0. The Morgan fingerprint density at radius 1 is 0.750 bits per heavy atom. The number of azo groups is 1. The van der Waals surface area contributed by atoms with Gasteiger partial charge in [0.1, 0.15) is 5.75 Å². The predicted molar refractivity (Wildman–Crippen MR) is 135 cm³/mol. The Morgan fingerprint density at radius 3 is 1.81 bits per heavy atom. The molecule has 0 saturated carbocycles. The second-order valence-corrected chi connectivity index (χ2v) is 10.5. The Kier molecular flexibility index (Phi) is 6.78. The van der Waals surface area contributed by atoms with Crippen LogP contribution in [0.5, 0.6) is 5.75 Å². The summed E-state index contributed by atoms with van der Waals surface area (Å²) in [7, 11) is -8.71. The maximum atomic E-state index is 11.7. The van der Waals surface area contributed by atoms with Crippen molar-refractivity contribution in [2.45, 2.75) is 16.7 Å². The third-order valence-electron chi connectivity index (χ3n) is 5.30. The normalized spacial score (nSPS) is 12.3. The van der Waals surface area contributed by atoms with Crippen molar-refractivity contribution in [1.82, 2.24) is 0 Å². The molecule has 0 heterocycles. The molecule has 12 heteroatoms. The van der Waals surface area contributed by atoms with Crippen LogP contribution in [-0.4, -0.2) is 32.5 Å². The highest BCUT2D eigenvalue weighted by Gasteiger charge is 2.17. The van der Waals surface area contributed by atoms with E-state index in [2.05, 4.69) is 10.2 Å². The van der Waals surface area contributed by atoms with E-state index in [1.165, 1.54) is 42.5 Å². The fourth-order valence-corrected chi connectivity index (χ4v) is 4.57. The SMILES string of the molecule is CCOc1cc(-c2ccc(/N=N/c3ccc(S(=O)(=O)O)cc3)cc2)c2cc(S(=O)(=O)O)ccc2c1N. The topological polar surface area (TPSA) is 169 Å². The molecule has 0 unspecified atom stereocenters. The van der Waals surface area contributed by atoms with E-state index >= 15 is 0 Å². The van der Waals surface area contributed by atoms with E-state index in [0.717, 1.165) is 0 Å². The molecule has 186 valence electrons. The largest absolute Gasteiger partial charge is 0.492 e. The quantitative estimate of drug-likeness (QED) is 0.163. The van der Waals surface area contributed by atoms with Gasteiger partial charge in [0.05, 0.1) is 33.5 Å². The van der Waals surface area contributed by atoms with Crippen LogP contribution in [0.1, 0.15) is 6.92 Å². The van der Waals surface area contributed by atoms with Crippen LogP contribution < -0.4 is 10.5 Å². The first-order valence-corrected chi connectivity index (χ1v) is 13.4. The molecule has 36 heavy (non-hydrogen) atoms. The molecule has 4 rings (SSSR count). The Bertz CT molecular complexity index is 1680. The Labute approximate surface area is 207 Å². The Morgan fingerprint density at radius 2 is 1.28 bits per heavy atom. The second kappa shape index (κ2) is 9.66. The van der Waals surface area contributed by atoms with Gasteiger partial charge in [-0.1, -0.05) is 18.2 Å². The second-order valence-electron chi connectivity index (χ2n) is 7.67. The number of rotatable bonds is 7. The van der Waals surface area contributed by atoms with E-state index < -0.39 is 20.2 Å². The van der Waals surface area contributed by atoms with Crippen molar-refractivity contribution in [2.24, 2.45) is 10.2 Å². The van der Waals surface area contributed by atoms with E-state index in [1.54, 1.807) is 30.3 Å². The van der Waals surface area contributed by atoms with Gasteiger partial charge >= 0.3 is 0 Å². The van der Waals surface area contributed by atoms with E-state index in [1.807, 2.05) is 6.92 Å². The van der Waals surface area contributed by atoms with Gasteiger partial charge in [-0.05, 0) is 78.0 Å². The average molecular weight is 528 g/mol. The number of ether oxygens (including phenoxy) is 1. The highest BCUT2D eigenvalue weighted by atomic mass is 32.2. The summed E-state index contributed by atoms with van der Waals surface area (Å²) < 4.78 is 69.9. The summed E-state index contributed by atoms with van der Waals surface area (Å²) >= 11 is 0. The minimum Gasteiger partial charge on any atom is -0.492 e. The van der Waals surface area contributed by atoms with Crippen molar-refractivity contribution < 1.29 is 30.7 Å². The minimum absolute atomic E-state index is 0.245. The maximum Gasteiger partial charge on any atom is 0.294 e. The first-order valence-electron chi connectivity index (χ1n) is 10.5. The fourth-order valence-electron chi connectivity index (χ4n) is 3.58. The molecule has 0 aliphatic heterocycles. The van der Waals surface area contributed by atoms with Gasteiger partial charge in [-0.3, -0.25) is 9.11 Å². The lowest BCUT2D eigenvalue weighted by Crippen LogP contribution is -2.01. The fraction of sp³-hybridized carbons (Fsp3) is 0.0833. The molecular formula is C24H21N3O7S2. The molecule has 4 N–H and O–H groups in total. The predicted octanol–water partition coefficient (Wildman–Crippen LogP) is 5.40. The molecule has 0 aliphatic carbocycles. The smallest absolute Gasteiger partial charge is 0.294 e. The van der Waals surface area contributed by atoms with Gasteiger partial charge in [0.2, 0.25) is 0 Å². The summed E-state index contributed by atoms with van der Waals surface area (Å²) in [5, 5.41) is 9.27. The van der Waals surface area contributed by atoms with Crippen LogP contribution in [0.2, 0.25) is 0 Å². The third kappa shape index (κ3) is 5.36. The van der Waals surface area contributed by atoms with Gasteiger partial charge in [0.25, 0.3) is 20.2 Å². The molecule has 0 saturated heterocycles. The zero-order valence-corrected chi connectivity index (χ0v) is 20.5. The summed E-state index contributed by atoms with van der Waals surface area (Å²) in [4.78, 5) is -0.504. The van der Waals surface area contributed by atoms with E-state index in [-0.39, 0.29) is 9.79 Å².